The zero-order chi connectivity index (χ0) is 22.9. The van der Waals surface area contributed by atoms with Gasteiger partial charge in [-0.2, -0.15) is 4.31 Å². The topological polar surface area (TPSA) is 113 Å². The van der Waals surface area contributed by atoms with E-state index in [2.05, 4.69) is 20.4 Å². The van der Waals surface area contributed by atoms with Crippen molar-refractivity contribution in [3.05, 3.63) is 47.1 Å². The number of fused-ring (bicyclic) bond motifs is 1. The van der Waals surface area contributed by atoms with E-state index in [-0.39, 0.29) is 10.8 Å². The Bertz CT molecular complexity index is 1250. The Morgan fingerprint density at radius 3 is 2.78 bits per heavy atom. The van der Waals surface area contributed by atoms with E-state index in [0.717, 1.165) is 29.2 Å². The molecule has 0 radical (unpaired) electrons. The van der Waals surface area contributed by atoms with Crippen molar-refractivity contribution >= 4 is 44.2 Å². The fraction of sp³-hybridized carbons (Fsp3) is 0.381. The van der Waals surface area contributed by atoms with Crippen LogP contribution in [0.2, 0.25) is 0 Å². The van der Waals surface area contributed by atoms with Gasteiger partial charge in [-0.1, -0.05) is 6.07 Å². The fourth-order valence-corrected chi connectivity index (χ4v) is 6.66. The highest BCUT2D eigenvalue weighted by Gasteiger charge is 2.34. The number of carbonyl (C=O) groups excluding carboxylic acids is 2. The molecule has 1 saturated heterocycles. The van der Waals surface area contributed by atoms with E-state index in [1.54, 1.807) is 29.6 Å². The summed E-state index contributed by atoms with van der Waals surface area (Å²) in [7, 11) is -3.61. The minimum absolute atomic E-state index is 0.0849. The zero-order valence-electron chi connectivity index (χ0n) is 17.9. The van der Waals surface area contributed by atoms with Crippen LogP contribution in [0.4, 0.5) is 0 Å². The molecule has 4 rings (SSSR count). The van der Waals surface area contributed by atoms with Gasteiger partial charge in [-0.3, -0.25) is 20.4 Å². The van der Waals surface area contributed by atoms with Crippen LogP contribution in [0.3, 0.4) is 0 Å². The molecule has 2 N–H and O–H groups in total. The van der Waals surface area contributed by atoms with Crippen molar-refractivity contribution in [2.24, 2.45) is 5.92 Å². The second kappa shape index (κ2) is 9.00. The lowest BCUT2D eigenvalue weighted by atomic mass is 9.99. The lowest BCUT2D eigenvalue weighted by Gasteiger charge is -2.30. The number of sulfonamides is 1. The maximum Gasteiger partial charge on any atom is 0.269 e. The normalized spacial score (nSPS) is 17.4. The van der Waals surface area contributed by atoms with Gasteiger partial charge in [0.2, 0.25) is 5.91 Å². The summed E-state index contributed by atoms with van der Waals surface area (Å²) in [5.41, 5.74) is 6.92. The first kappa shape index (κ1) is 22.4. The van der Waals surface area contributed by atoms with Gasteiger partial charge < -0.3 is 4.57 Å². The van der Waals surface area contributed by atoms with Crippen LogP contribution in [0.25, 0.3) is 11.0 Å². The minimum Gasteiger partial charge on any atom is -0.329 e. The summed E-state index contributed by atoms with van der Waals surface area (Å²) < 4.78 is 29.2. The summed E-state index contributed by atoms with van der Waals surface area (Å²) >= 11 is 1.16. The number of hydrazine groups is 1. The Morgan fingerprint density at radius 1 is 1.25 bits per heavy atom. The average molecular weight is 476 g/mol. The summed E-state index contributed by atoms with van der Waals surface area (Å²) in [6, 6.07) is 8.46. The quantitative estimate of drug-likeness (QED) is 0.550. The number of piperidine rings is 1. The predicted octanol–water partition coefficient (Wildman–Crippen LogP) is 2.29. The molecule has 1 aliphatic rings. The first-order valence-corrected chi connectivity index (χ1v) is 12.7. The average Bonchev–Trinajstić information content (AvgIpc) is 3.44. The molecule has 0 spiro atoms. The fourth-order valence-electron chi connectivity index (χ4n) is 4.00. The minimum atomic E-state index is -3.61. The van der Waals surface area contributed by atoms with Gasteiger partial charge in [0.1, 0.15) is 10.0 Å². The number of aromatic nitrogens is 2. The van der Waals surface area contributed by atoms with Gasteiger partial charge in [-0.15, -0.1) is 11.3 Å². The number of nitrogens with zero attached hydrogens (tertiary/aromatic N) is 3. The van der Waals surface area contributed by atoms with Crippen molar-refractivity contribution in [3.8, 4) is 0 Å². The second-order valence-corrected chi connectivity index (χ2v) is 10.8. The number of carbonyl (C=O) groups is 2. The molecule has 170 valence electrons. The SMILES string of the molecule is CCn1c(C)nc2cc(C(=O)NNC(=O)[C@H]3CCCN(S(=O)(=O)c4cccs4)C3)ccc21. The molecule has 2 aromatic heterocycles. The standard InChI is InChI=1S/C21H25N5O4S2/c1-3-26-14(2)22-17-12-15(8-9-18(17)26)20(27)23-24-21(28)16-6-4-10-25(13-16)32(29,30)19-7-5-11-31-19/h5,7-9,11-12,16H,3-4,6,10,13H2,1-2H3,(H,23,27)(H,24,28)/t16-/m0/s1. The van der Waals surface area contributed by atoms with E-state index in [4.69, 9.17) is 0 Å². The largest absolute Gasteiger partial charge is 0.329 e. The second-order valence-electron chi connectivity index (χ2n) is 7.68. The van der Waals surface area contributed by atoms with Gasteiger partial charge in [-0.25, -0.2) is 13.4 Å². The van der Waals surface area contributed by atoms with Crippen LogP contribution >= 0.6 is 11.3 Å². The lowest BCUT2D eigenvalue weighted by Crippen LogP contribution is -2.49. The summed E-state index contributed by atoms with van der Waals surface area (Å²) in [5.74, 6) is -0.531. The Kier molecular flexibility index (Phi) is 6.31. The van der Waals surface area contributed by atoms with Crippen molar-refractivity contribution < 1.29 is 18.0 Å². The number of rotatable bonds is 5. The Hall–Kier alpha value is -2.76. The molecule has 2 amide bonds. The smallest absolute Gasteiger partial charge is 0.269 e. The molecule has 1 aliphatic heterocycles. The molecule has 0 unspecified atom stereocenters. The molecule has 0 saturated carbocycles. The van der Waals surface area contributed by atoms with Crippen LogP contribution in [-0.4, -0.2) is 47.2 Å². The summed E-state index contributed by atoms with van der Waals surface area (Å²) in [6.07, 6.45) is 1.13. The highest BCUT2D eigenvalue weighted by Crippen LogP contribution is 2.26. The first-order chi connectivity index (χ1) is 15.3. The summed E-state index contributed by atoms with van der Waals surface area (Å²) in [6.45, 7) is 5.18. The number of benzene rings is 1. The van der Waals surface area contributed by atoms with E-state index in [1.807, 2.05) is 19.9 Å². The molecule has 1 aromatic carbocycles. The maximum absolute atomic E-state index is 12.7. The lowest BCUT2D eigenvalue weighted by molar-refractivity contribution is -0.126. The van der Waals surface area contributed by atoms with E-state index < -0.39 is 27.8 Å². The van der Waals surface area contributed by atoms with Crippen molar-refractivity contribution in [2.45, 2.75) is 37.4 Å². The third-order valence-electron chi connectivity index (χ3n) is 5.66. The molecule has 11 heteroatoms. The number of hydrogen-bond donors (Lipinski definition) is 2. The van der Waals surface area contributed by atoms with Gasteiger partial charge in [0.05, 0.1) is 17.0 Å². The molecule has 3 heterocycles. The number of imidazole rings is 1. The summed E-state index contributed by atoms with van der Waals surface area (Å²) in [4.78, 5) is 29.7. The Morgan fingerprint density at radius 2 is 2.06 bits per heavy atom. The van der Waals surface area contributed by atoms with Gasteiger partial charge in [-0.05, 0) is 56.3 Å². The molecule has 3 aromatic rings. The molecule has 1 atom stereocenters. The number of thiophene rings is 1. The van der Waals surface area contributed by atoms with Crippen LogP contribution in [0.15, 0.2) is 39.9 Å². The van der Waals surface area contributed by atoms with Gasteiger partial charge in [0.25, 0.3) is 15.9 Å². The molecule has 1 fully saturated rings. The Balaban J connectivity index is 1.39. The highest BCUT2D eigenvalue weighted by atomic mass is 32.2. The van der Waals surface area contributed by atoms with Crippen LogP contribution in [-0.2, 0) is 21.4 Å². The molecule has 32 heavy (non-hydrogen) atoms. The molecule has 0 bridgehead atoms. The molecule has 0 aliphatic carbocycles. The van der Waals surface area contributed by atoms with Gasteiger partial charge in [0, 0.05) is 25.2 Å². The molecule has 9 nitrogen and oxygen atoms in total. The van der Waals surface area contributed by atoms with Crippen LogP contribution in [0.1, 0.15) is 35.9 Å². The van der Waals surface area contributed by atoms with Crippen LogP contribution in [0, 0.1) is 12.8 Å². The summed E-state index contributed by atoms with van der Waals surface area (Å²) in [5, 5.41) is 1.71. The van der Waals surface area contributed by atoms with Crippen molar-refractivity contribution in [3.63, 3.8) is 0 Å². The van der Waals surface area contributed by atoms with Gasteiger partial charge in [0.15, 0.2) is 0 Å². The van der Waals surface area contributed by atoms with Crippen molar-refractivity contribution in [1.29, 1.82) is 0 Å². The molecular weight excluding hydrogens is 450 g/mol. The van der Waals surface area contributed by atoms with E-state index >= 15 is 0 Å². The van der Waals surface area contributed by atoms with Crippen molar-refractivity contribution in [2.75, 3.05) is 13.1 Å². The third kappa shape index (κ3) is 4.27. The van der Waals surface area contributed by atoms with Crippen LogP contribution < -0.4 is 10.9 Å². The number of amides is 2. The number of hydrogen-bond acceptors (Lipinski definition) is 6. The van der Waals surface area contributed by atoms with E-state index in [1.165, 1.54) is 4.31 Å². The zero-order valence-corrected chi connectivity index (χ0v) is 19.5. The maximum atomic E-state index is 12.7. The first-order valence-electron chi connectivity index (χ1n) is 10.4. The predicted molar refractivity (Wildman–Crippen MR) is 122 cm³/mol. The third-order valence-corrected chi connectivity index (χ3v) is 8.90. The highest BCUT2D eigenvalue weighted by molar-refractivity contribution is 7.91. The van der Waals surface area contributed by atoms with E-state index in [0.29, 0.717) is 30.5 Å². The van der Waals surface area contributed by atoms with Gasteiger partial charge >= 0.3 is 0 Å². The number of nitrogens with one attached hydrogen (secondary N) is 2. The van der Waals surface area contributed by atoms with Crippen LogP contribution in [0.5, 0.6) is 0 Å². The molecular formula is C21H25N5O4S2. The monoisotopic (exact) mass is 475 g/mol. The van der Waals surface area contributed by atoms with Crippen molar-refractivity contribution in [1.82, 2.24) is 24.7 Å². The van der Waals surface area contributed by atoms with E-state index in [9.17, 15) is 18.0 Å². The number of aryl methyl sites for hydroxylation is 2. The Labute approximate surface area is 190 Å².